The third kappa shape index (κ3) is 2.18. The summed E-state index contributed by atoms with van der Waals surface area (Å²) in [5.41, 5.74) is 0.569. The van der Waals surface area contributed by atoms with Crippen molar-refractivity contribution in [1.29, 1.82) is 0 Å². The maximum absolute atomic E-state index is 11.0. The second-order valence-corrected chi connectivity index (χ2v) is 3.61. The fraction of sp³-hybridized carbons (Fsp3) is 0.300. The number of benzene rings is 1. The maximum Gasteiger partial charge on any atom is 0.408 e. The second kappa shape index (κ2) is 4.38. The van der Waals surface area contributed by atoms with E-state index in [1.54, 1.807) is 0 Å². The fourth-order valence-electron chi connectivity index (χ4n) is 1.69. The summed E-state index contributed by atoms with van der Waals surface area (Å²) in [6, 6.07) is 5.15. The highest BCUT2D eigenvalue weighted by Crippen LogP contribution is 2.27. The van der Waals surface area contributed by atoms with Crippen molar-refractivity contribution in [2.75, 3.05) is 6.61 Å². The number of aliphatic hydroxyl groups excluding tert-OH is 1. The summed E-state index contributed by atoms with van der Waals surface area (Å²) in [4.78, 5) is 21.0. The largest absolute Gasteiger partial charge is 0.439 e. The number of amides is 1. The molecule has 0 saturated carbocycles. The molecule has 2 rings (SSSR count). The van der Waals surface area contributed by atoms with Crippen molar-refractivity contribution in [2.45, 2.75) is 12.1 Å². The molecular weight excluding hydrogens is 228 g/mol. The van der Waals surface area contributed by atoms with Gasteiger partial charge in [-0.3, -0.25) is 10.1 Å². The molecule has 7 heteroatoms. The Morgan fingerprint density at radius 3 is 2.59 bits per heavy atom. The van der Waals surface area contributed by atoms with E-state index < -0.39 is 23.2 Å². The van der Waals surface area contributed by atoms with E-state index in [1.807, 2.05) is 0 Å². The molecule has 90 valence electrons. The number of rotatable bonds is 3. The Kier molecular flexibility index (Phi) is 2.92. The molecule has 1 heterocycles. The molecule has 0 radical (unpaired) electrons. The van der Waals surface area contributed by atoms with Crippen molar-refractivity contribution in [3.05, 3.63) is 39.9 Å². The molecule has 7 nitrogen and oxygen atoms in total. The van der Waals surface area contributed by atoms with Crippen molar-refractivity contribution >= 4 is 11.8 Å². The van der Waals surface area contributed by atoms with Gasteiger partial charge in [0.15, 0.2) is 6.10 Å². The fourth-order valence-corrected chi connectivity index (χ4v) is 1.69. The van der Waals surface area contributed by atoms with Crippen LogP contribution in [0.4, 0.5) is 10.5 Å². The van der Waals surface area contributed by atoms with Crippen LogP contribution in [0.25, 0.3) is 0 Å². The molecule has 1 amide bonds. The highest BCUT2D eigenvalue weighted by Gasteiger charge is 2.34. The molecule has 2 N–H and O–H groups in total. The van der Waals surface area contributed by atoms with Crippen LogP contribution in [-0.2, 0) is 4.74 Å². The minimum Gasteiger partial charge on any atom is -0.439 e. The SMILES string of the molecule is O=C1N[C@@H](CO)[C@H](c2ccc([N+](=O)[O-])cc2)O1. The number of carbonyl (C=O) groups excluding carboxylic acids is 1. The zero-order valence-electron chi connectivity index (χ0n) is 8.70. The number of nitrogens with zero attached hydrogens (tertiary/aromatic N) is 1. The number of hydrogen-bond donors (Lipinski definition) is 2. The molecule has 0 aromatic heterocycles. The number of cyclic esters (lactones) is 1. The maximum atomic E-state index is 11.0. The lowest BCUT2D eigenvalue weighted by Crippen LogP contribution is -2.31. The van der Waals surface area contributed by atoms with Gasteiger partial charge in [0.1, 0.15) is 0 Å². The summed E-state index contributed by atoms with van der Waals surface area (Å²) in [5, 5.41) is 22.0. The highest BCUT2D eigenvalue weighted by atomic mass is 16.6. The van der Waals surface area contributed by atoms with E-state index >= 15 is 0 Å². The number of nitro groups is 1. The summed E-state index contributed by atoms with van der Waals surface area (Å²) in [5.74, 6) is 0. The van der Waals surface area contributed by atoms with Gasteiger partial charge in [0.2, 0.25) is 0 Å². The Morgan fingerprint density at radius 2 is 2.06 bits per heavy atom. The van der Waals surface area contributed by atoms with Crippen LogP contribution < -0.4 is 5.32 Å². The van der Waals surface area contributed by atoms with Crippen molar-refractivity contribution in [3.8, 4) is 0 Å². The second-order valence-electron chi connectivity index (χ2n) is 3.61. The quantitative estimate of drug-likeness (QED) is 0.597. The lowest BCUT2D eigenvalue weighted by molar-refractivity contribution is -0.384. The third-order valence-corrected chi connectivity index (χ3v) is 2.53. The molecule has 1 aromatic rings. The van der Waals surface area contributed by atoms with Crippen molar-refractivity contribution < 1.29 is 19.6 Å². The van der Waals surface area contributed by atoms with Gasteiger partial charge in [-0.25, -0.2) is 4.79 Å². The zero-order valence-corrected chi connectivity index (χ0v) is 8.70. The molecule has 17 heavy (non-hydrogen) atoms. The van der Waals surface area contributed by atoms with Crippen LogP contribution >= 0.6 is 0 Å². The number of hydrogen-bond acceptors (Lipinski definition) is 5. The molecule has 0 spiro atoms. The number of ether oxygens (including phenoxy) is 1. The molecule has 1 aromatic carbocycles. The van der Waals surface area contributed by atoms with Gasteiger partial charge in [0, 0.05) is 12.1 Å². The smallest absolute Gasteiger partial charge is 0.408 e. The van der Waals surface area contributed by atoms with Crippen LogP contribution in [0.5, 0.6) is 0 Å². The predicted molar refractivity (Wildman–Crippen MR) is 56.3 cm³/mol. The molecular formula is C10H10N2O5. The zero-order chi connectivity index (χ0) is 12.4. The number of aliphatic hydroxyl groups is 1. The highest BCUT2D eigenvalue weighted by molar-refractivity contribution is 5.70. The molecule has 2 atom stereocenters. The first kappa shape index (κ1) is 11.3. The average Bonchev–Trinajstić information content (AvgIpc) is 2.70. The number of nitrogens with one attached hydrogen (secondary N) is 1. The van der Waals surface area contributed by atoms with Crippen LogP contribution in [0.1, 0.15) is 11.7 Å². The Balaban J connectivity index is 2.22. The van der Waals surface area contributed by atoms with Gasteiger partial charge in [0.05, 0.1) is 17.6 Å². The number of non-ortho nitro benzene ring substituents is 1. The van der Waals surface area contributed by atoms with Gasteiger partial charge in [0.25, 0.3) is 5.69 Å². The predicted octanol–water partition coefficient (Wildman–Crippen LogP) is 0.737. The normalized spacial score (nSPS) is 23.0. The summed E-state index contributed by atoms with van der Waals surface area (Å²) in [7, 11) is 0. The Bertz CT molecular complexity index is 445. The van der Waals surface area contributed by atoms with E-state index in [0.29, 0.717) is 5.56 Å². The first-order valence-corrected chi connectivity index (χ1v) is 4.94. The number of nitro benzene ring substituents is 1. The van der Waals surface area contributed by atoms with E-state index in [9.17, 15) is 14.9 Å². The van der Waals surface area contributed by atoms with Crippen LogP contribution in [-0.4, -0.2) is 28.8 Å². The lowest BCUT2D eigenvalue weighted by atomic mass is 10.0. The van der Waals surface area contributed by atoms with E-state index in [0.717, 1.165) is 0 Å². The van der Waals surface area contributed by atoms with Gasteiger partial charge in [-0.05, 0) is 17.7 Å². The molecule has 1 aliphatic rings. The third-order valence-electron chi connectivity index (χ3n) is 2.53. The van der Waals surface area contributed by atoms with Crippen LogP contribution in [0, 0.1) is 10.1 Å². The molecule has 1 saturated heterocycles. The van der Waals surface area contributed by atoms with Crippen molar-refractivity contribution in [3.63, 3.8) is 0 Å². The summed E-state index contributed by atoms with van der Waals surface area (Å²) in [6.07, 6.45) is -1.22. The van der Waals surface area contributed by atoms with Crippen molar-refractivity contribution in [2.24, 2.45) is 0 Å². The standard InChI is InChI=1S/C10H10N2O5/c13-5-8-9(17-10(14)11-8)6-1-3-7(4-2-6)12(15)16/h1-4,8-9,13H,5H2,(H,11,14)/t8-,9-/m0/s1. The van der Waals surface area contributed by atoms with Gasteiger partial charge in [-0.2, -0.15) is 0 Å². The minimum absolute atomic E-state index is 0.0356. The van der Waals surface area contributed by atoms with Gasteiger partial charge >= 0.3 is 6.09 Å². The topological polar surface area (TPSA) is 102 Å². The summed E-state index contributed by atoms with van der Waals surface area (Å²) in [6.45, 7) is -0.257. The summed E-state index contributed by atoms with van der Waals surface area (Å²) < 4.78 is 4.97. The van der Waals surface area contributed by atoms with E-state index in [1.165, 1.54) is 24.3 Å². The monoisotopic (exact) mass is 238 g/mol. The lowest BCUT2D eigenvalue weighted by Gasteiger charge is -2.14. The Hall–Kier alpha value is -2.15. The molecule has 1 aliphatic heterocycles. The first-order valence-electron chi connectivity index (χ1n) is 4.94. The minimum atomic E-state index is -0.617. The van der Waals surface area contributed by atoms with Crippen molar-refractivity contribution in [1.82, 2.24) is 5.32 Å². The van der Waals surface area contributed by atoms with E-state index in [-0.39, 0.29) is 12.3 Å². The van der Waals surface area contributed by atoms with Gasteiger partial charge in [-0.1, -0.05) is 0 Å². The molecule has 1 fully saturated rings. The van der Waals surface area contributed by atoms with Gasteiger partial charge in [-0.15, -0.1) is 0 Å². The van der Waals surface area contributed by atoms with E-state index in [4.69, 9.17) is 9.84 Å². The molecule has 0 unspecified atom stereocenters. The number of alkyl carbamates (subject to hydrolysis) is 1. The van der Waals surface area contributed by atoms with E-state index in [2.05, 4.69) is 5.32 Å². The Labute approximate surface area is 96.2 Å². The van der Waals surface area contributed by atoms with Crippen LogP contribution in [0.2, 0.25) is 0 Å². The summed E-state index contributed by atoms with van der Waals surface area (Å²) >= 11 is 0. The molecule has 0 aliphatic carbocycles. The Morgan fingerprint density at radius 1 is 1.41 bits per heavy atom. The molecule has 0 bridgehead atoms. The first-order chi connectivity index (χ1) is 8.11. The van der Waals surface area contributed by atoms with Crippen LogP contribution in [0.15, 0.2) is 24.3 Å². The average molecular weight is 238 g/mol. The van der Waals surface area contributed by atoms with Crippen LogP contribution in [0.3, 0.4) is 0 Å². The van der Waals surface area contributed by atoms with Gasteiger partial charge < -0.3 is 15.2 Å². The number of carbonyl (C=O) groups is 1.